The predicted octanol–water partition coefficient (Wildman–Crippen LogP) is 4.50. The van der Waals surface area contributed by atoms with Crippen LogP contribution < -0.4 is 0 Å². The molecule has 0 fully saturated rings. The Labute approximate surface area is 158 Å². The summed E-state index contributed by atoms with van der Waals surface area (Å²) in [5.41, 5.74) is 4.59. The molecule has 0 aliphatic carbocycles. The molecule has 26 heavy (non-hydrogen) atoms. The third-order valence-electron chi connectivity index (χ3n) is 4.31. The maximum absolute atomic E-state index is 13.0. The summed E-state index contributed by atoms with van der Waals surface area (Å²) in [6.07, 6.45) is 1.58. The van der Waals surface area contributed by atoms with Crippen LogP contribution in [-0.2, 0) is 15.3 Å². The Kier molecular flexibility index (Phi) is 5.43. The lowest BCUT2D eigenvalue weighted by Gasteiger charge is -2.12. The molecular weight excluding hydrogens is 342 g/mol. The molecule has 132 valence electrons. The number of thioether (sulfide) groups is 1. The summed E-state index contributed by atoms with van der Waals surface area (Å²) in [6, 6.07) is 15.9. The molecule has 2 aromatic rings. The molecule has 0 N–H and O–H groups in total. The molecule has 2 aromatic carbocycles. The van der Waals surface area contributed by atoms with Gasteiger partial charge in [-0.2, -0.15) is 0 Å². The summed E-state index contributed by atoms with van der Waals surface area (Å²) in [7, 11) is 0. The number of carbonyl (C=O) groups is 2. The molecule has 4 heteroatoms. The van der Waals surface area contributed by atoms with E-state index in [1.165, 1.54) is 16.7 Å². The second-order valence-corrected chi connectivity index (χ2v) is 7.29. The Balaban J connectivity index is 2.02. The first-order valence-electron chi connectivity index (χ1n) is 8.48. The van der Waals surface area contributed by atoms with E-state index in [-0.39, 0.29) is 18.4 Å². The normalized spacial score (nSPS) is 14.3. The van der Waals surface area contributed by atoms with E-state index >= 15 is 0 Å². The largest absolute Gasteiger partial charge is 0.270 e. The van der Waals surface area contributed by atoms with Crippen molar-refractivity contribution in [2.45, 2.75) is 19.6 Å². The smallest absolute Gasteiger partial charge is 0.268 e. The van der Waals surface area contributed by atoms with Crippen molar-refractivity contribution >= 4 is 29.1 Å². The standard InChI is InChI=1S/C22H21NO2S/c1-4-12-23-21(24)19(18-11-10-15(2)13-16(18)3)20(22(23)25)26-14-17-8-6-5-7-9-17/h4-11,13H,1,12,14H2,2-3H3. The minimum atomic E-state index is -0.239. The summed E-state index contributed by atoms with van der Waals surface area (Å²) in [4.78, 5) is 27.6. The zero-order valence-corrected chi connectivity index (χ0v) is 15.8. The highest BCUT2D eigenvalue weighted by Crippen LogP contribution is 2.38. The summed E-state index contributed by atoms with van der Waals surface area (Å²) in [5, 5.41) is 0. The van der Waals surface area contributed by atoms with E-state index < -0.39 is 0 Å². The second-order valence-electron chi connectivity index (χ2n) is 6.31. The first kappa shape index (κ1) is 18.2. The Hall–Kier alpha value is -2.59. The van der Waals surface area contributed by atoms with E-state index in [0.717, 1.165) is 22.3 Å². The molecule has 0 spiro atoms. The van der Waals surface area contributed by atoms with Gasteiger partial charge in [-0.3, -0.25) is 14.5 Å². The monoisotopic (exact) mass is 363 g/mol. The predicted molar refractivity (Wildman–Crippen MR) is 107 cm³/mol. The van der Waals surface area contributed by atoms with Gasteiger partial charge in [0.25, 0.3) is 11.8 Å². The van der Waals surface area contributed by atoms with Gasteiger partial charge in [0.15, 0.2) is 0 Å². The van der Waals surface area contributed by atoms with Crippen LogP contribution in [0.2, 0.25) is 0 Å². The fourth-order valence-electron chi connectivity index (χ4n) is 3.04. The first-order valence-corrected chi connectivity index (χ1v) is 9.47. The average molecular weight is 363 g/mol. The number of benzene rings is 2. The van der Waals surface area contributed by atoms with Crippen molar-refractivity contribution < 1.29 is 9.59 Å². The molecule has 0 saturated heterocycles. The molecule has 0 unspecified atom stereocenters. The number of hydrogen-bond acceptors (Lipinski definition) is 3. The number of imide groups is 1. The van der Waals surface area contributed by atoms with Crippen molar-refractivity contribution in [1.29, 1.82) is 0 Å². The molecule has 3 nitrogen and oxygen atoms in total. The molecule has 1 aliphatic heterocycles. The van der Waals surface area contributed by atoms with Gasteiger partial charge in [-0.1, -0.05) is 60.2 Å². The lowest BCUT2D eigenvalue weighted by Crippen LogP contribution is -2.31. The van der Waals surface area contributed by atoms with Crippen LogP contribution in [0.15, 0.2) is 66.1 Å². The van der Waals surface area contributed by atoms with Crippen molar-refractivity contribution in [3.63, 3.8) is 0 Å². The molecule has 0 bridgehead atoms. The number of carbonyl (C=O) groups excluding carboxylic acids is 2. The highest BCUT2D eigenvalue weighted by Gasteiger charge is 2.38. The van der Waals surface area contributed by atoms with Crippen LogP contribution in [0, 0.1) is 13.8 Å². The van der Waals surface area contributed by atoms with E-state index in [1.807, 2.05) is 62.4 Å². The summed E-state index contributed by atoms with van der Waals surface area (Å²) in [5.74, 6) is 0.175. The van der Waals surface area contributed by atoms with E-state index in [9.17, 15) is 9.59 Å². The molecule has 2 amide bonds. The average Bonchev–Trinajstić information content (AvgIpc) is 2.86. The highest BCUT2D eigenvalue weighted by atomic mass is 32.2. The quantitative estimate of drug-likeness (QED) is 0.560. The molecule has 0 aromatic heterocycles. The summed E-state index contributed by atoms with van der Waals surface area (Å²) < 4.78 is 0. The Morgan fingerprint density at radius 1 is 1.04 bits per heavy atom. The van der Waals surface area contributed by atoms with E-state index in [4.69, 9.17) is 0 Å². The fourth-order valence-corrected chi connectivity index (χ4v) is 4.12. The number of nitrogens with zero attached hydrogens (tertiary/aromatic N) is 1. The first-order chi connectivity index (χ1) is 12.5. The van der Waals surface area contributed by atoms with Crippen molar-refractivity contribution in [3.8, 4) is 0 Å². The van der Waals surface area contributed by atoms with Crippen molar-refractivity contribution in [3.05, 3.63) is 88.3 Å². The molecule has 1 heterocycles. The third-order valence-corrected chi connectivity index (χ3v) is 5.46. The fraction of sp³-hybridized carbons (Fsp3) is 0.182. The summed E-state index contributed by atoms with van der Waals surface area (Å²) in [6.45, 7) is 7.88. The van der Waals surface area contributed by atoms with Crippen LogP contribution in [0.5, 0.6) is 0 Å². The van der Waals surface area contributed by atoms with Crippen LogP contribution in [0.25, 0.3) is 5.57 Å². The van der Waals surface area contributed by atoms with Crippen molar-refractivity contribution in [1.82, 2.24) is 4.90 Å². The van der Waals surface area contributed by atoms with Gasteiger partial charge in [0.05, 0.1) is 10.5 Å². The molecule has 0 atom stereocenters. The maximum atomic E-state index is 13.0. The highest BCUT2D eigenvalue weighted by molar-refractivity contribution is 8.03. The van der Waals surface area contributed by atoms with Gasteiger partial charge in [-0.25, -0.2) is 0 Å². The molecule has 1 aliphatic rings. The van der Waals surface area contributed by atoms with Crippen LogP contribution in [0.3, 0.4) is 0 Å². The Morgan fingerprint density at radius 3 is 2.42 bits per heavy atom. The van der Waals surface area contributed by atoms with Gasteiger partial charge >= 0.3 is 0 Å². The SMILES string of the molecule is C=CCN1C(=O)C(SCc2ccccc2)=C(c2ccc(C)cc2C)C1=O. The Bertz CT molecular complexity index is 900. The lowest BCUT2D eigenvalue weighted by molar-refractivity contribution is -0.135. The lowest BCUT2D eigenvalue weighted by atomic mass is 9.99. The van der Waals surface area contributed by atoms with E-state index in [2.05, 4.69) is 6.58 Å². The maximum Gasteiger partial charge on any atom is 0.268 e. The molecule has 0 radical (unpaired) electrons. The molecular formula is C22H21NO2S. The topological polar surface area (TPSA) is 37.4 Å². The number of amides is 2. The third kappa shape index (κ3) is 3.51. The van der Waals surface area contributed by atoms with Gasteiger partial charge in [-0.05, 0) is 30.5 Å². The van der Waals surface area contributed by atoms with Gasteiger partial charge in [0.2, 0.25) is 0 Å². The number of hydrogen-bond donors (Lipinski definition) is 0. The zero-order chi connectivity index (χ0) is 18.7. The Morgan fingerprint density at radius 2 is 1.77 bits per heavy atom. The van der Waals surface area contributed by atoms with Gasteiger partial charge < -0.3 is 0 Å². The number of aryl methyl sites for hydroxylation is 2. The van der Waals surface area contributed by atoms with Crippen LogP contribution in [0.4, 0.5) is 0 Å². The minimum Gasteiger partial charge on any atom is -0.270 e. The molecule has 3 rings (SSSR count). The minimum absolute atomic E-state index is 0.224. The van der Waals surface area contributed by atoms with E-state index in [0.29, 0.717) is 16.2 Å². The van der Waals surface area contributed by atoms with Crippen LogP contribution >= 0.6 is 11.8 Å². The second kappa shape index (κ2) is 7.75. The van der Waals surface area contributed by atoms with E-state index in [1.54, 1.807) is 6.08 Å². The molecule has 0 saturated carbocycles. The summed E-state index contributed by atoms with van der Waals surface area (Å²) >= 11 is 1.43. The van der Waals surface area contributed by atoms with Crippen LogP contribution in [-0.4, -0.2) is 23.3 Å². The zero-order valence-electron chi connectivity index (χ0n) is 15.0. The van der Waals surface area contributed by atoms with Gasteiger partial charge in [0, 0.05) is 12.3 Å². The van der Waals surface area contributed by atoms with Crippen molar-refractivity contribution in [2.24, 2.45) is 0 Å². The van der Waals surface area contributed by atoms with Crippen LogP contribution in [0.1, 0.15) is 22.3 Å². The van der Waals surface area contributed by atoms with Gasteiger partial charge in [-0.15, -0.1) is 18.3 Å². The van der Waals surface area contributed by atoms with Crippen molar-refractivity contribution in [2.75, 3.05) is 6.54 Å². The van der Waals surface area contributed by atoms with Gasteiger partial charge in [0.1, 0.15) is 0 Å². The number of rotatable bonds is 6.